The van der Waals surface area contributed by atoms with E-state index in [1.807, 2.05) is 24.3 Å². The van der Waals surface area contributed by atoms with Crippen molar-refractivity contribution in [3.8, 4) is 11.1 Å². The summed E-state index contributed by atoms with van der Waals surface area (Å²) in [4.78, 5) is 0. The summed E-state index contributed by atoms with van der Waals surface area (Å²) in [6.45, 7) is 0. The summed E-state index contributed by atoms with van der Waals surface area (Å²) >= 11 is 12.2. The first-order valence-electron chi connectivity index (χ1n) is 6.65. The van der Waals surface area contributed by atoms with Crippen LogP contribution in [0, 0.1) is 0 Å². The fraction of sp³-hybridized carbons (Fsp3) is 0.133. The maximum atomic E-state index is 11.6. The number of hydrogen-bond acceptors (Lipinski definition) is 3. The van der Waals surface area contributed by atoms with Gasteiger partial charge in [0.25, 0.3) is 0 Å². The molecule has 5 nitrogen and oxygen atoms in total. The maximum Gasteiger partial charge on any atom is 0.230 e. The van der Waals surface area contributed by atoms with Crippen LogP contribution in [0.1, 0.15) is 0 Å². The molecule has 0 bridgehead atoms. The number of halogens is 2. The molecule has 0 radical (unpaired) electrons. The Morgan fingerprint density at radius 3 is 2.52 bits per heavy atom. The molecule has 8 heteroatoms. The first-order valence-corrected chi connectivity index (χ1v) is 9.30. The van der Waals surface area contributed by atoms with Crippen LogP contribution in [-0.4, -0.2) is 24.5 Å². The Hall–Kier alpha value is -1.76. The summed E-state index contributed by atoms with van der Waals surface area (Å²) < 4.78 is 27.1. The predicted molar refractivity (Wildman–Crippen MR) is 94.6 cm³/mol. The van der Waals surface area contributed by atoms with Crippen LogP contribution in [-0.2, 0) is 17.1 Å². The standard InChI is InChI=1S/C15H13Cl2N3O2S/c1-20-15(19-23(2,21)22)12-5-3-4-11(14(12)18-20)10-7-6-9(16)8-13(10)17/h3-8,19H,1-2H3. The zero-order valence-corrected chi connectivity index (χ0v) is 14.7. The first-order chi connectivity index (χ1) is 10.8. The van der Waals surface area contributed by atoms with Gasteiger partial charge in [0, 0.05) is 33.6 Å². The van der Waals surface area contributed by atoms with E-state index in [1.165, 1.54) is 4.68 Å². The molecule has 3 aromatic rings. The van der Waals surface area contributed by atoms with Gasteiger partial charge in [0.2, 0.25) is 10.0 Å². The van der Waals surface area contributed by atoms with Crippen LogP contribution in [0.15, 0.2) is 36.4 Å². The Kier molecular flexibility index (Phi) is 4.00. The Bertz CT molecular complexity index is 1010. The molecule has 120 valence electrons. The monoisotopic (exact) mass is 369 g/mol. The lowest BCUT2D eigenvalue weighted by molar-refractivity contribution is 0.606. The highest BCUT2D eigenvalue weighted by Gasteiger charge is 2.17. The number of nitrogens with one attached hydrogen (secondary N) is 1. The van der Waals surface area contributed by atoms with Crippen molar-refractivity contribution in [3.63, 3.8) is 0 Å². The molecule has 0 atom stereocenters. The number of aromatic nitrogens is 2. The fourth-order valence-electron chi connectivity index (χ4n) is 2.44. The van der Waals surface area contributed by atoms with Gasteiger partial charge in [-0.25, -0.2) is 8.42 Å². The minimum absolute atomic E-state index is 0.412. The van der Waals surface area contributed by atoms with Gasteiger partial charge in [0.15, 0.2) is 0 Å². The molecule has 3 rings (SSSR count). The molecule has 1 N–H and O–H groups in total. The van der Waals surface area contributed by atoms with Gasteiger partial charge in [-0.1, -0.05) is 41.4 Å². The van der Waals surface area contributed by atoms with Gasteiger partial charge in [-0.05, 0) is 18.2 Å². The average Bonchev–Trinajstić information content (AvgIpc) is 2.74. The molecule has 0 aliphatic rings. The second kappa shape index (κ2) is 5.70. The number of nitrogens with zero attached hydrogens (tertiary/aromatic N) is 2. The van der Waals surface area contributed by atoms with Crippen LogP contribution in [0.4, 0.5) is 5.82 Å². The largest absolute Gasteiger partial charge is 0.267 e. The molecule has 0 unspecified atom stereocenters. The third-order valence-electron chi connectivity index (χ3n) is 3.37. The van der Waals surface area contributed by atoms with E-state index in [0.29, 0.717) is 26.8 Å². The highest BCUT2D eigenvalue weighted by atomic mass is 35.5. The average molecular weight is 370 g/mol. The smallest absolute Gasteiger partial charge is 0.230 e. The predicted octanol–water partition coefficient (Wildman–Crippen LogP) is 3.92. The lowest BCUT2D eigenvalue weighted by Crippen LogP contribution is -2.12. The molecule has 23 heavy (non-hydrogen) atoms. The summed E-state index contributed by atoms with van der Waals surface area (Å²) in [6.07, 6.45) is 1.10. The van der Waals surface area contributed by atoms with Crippen molar-refractivity contribution in [1.29, 1.82) is 0 Å². The maximum absolute atomic E-state index is 11.6. The molecular weight excluding hydrogens is 357 g/mol. The first kappa shape index (κ1) is 16.1. The zero-order valence-electron chi connectivity index (χ0n) is 12.3. The van der Waals surface area contributed by atoms with Gasteiger partial charge in [-0.15, -0.1) is 0 Å². The summed E-state index contributed by atoms with van der Waals surface area (Å²) in [5, 5.41) is 6.19. The molecule has 2 aromatic carbocycles. The molecule has 0 aliphatic carbocycles. The Morgan fingerprint density at radius 2 is 1.87 bits per heavy atom. The van der Waals surface area contributed by atoms with Crippen LogP contribution >= 0.6 is 23.2 Å². The van der Waals surface area contributed by atoms with Crippen LogP contribution in [0.2, 0.25) is 10.0 Å². The minimum atomic E-state index is -3.41. The van der Waals surface area contributed by atoms with Crippen molar-refractivity contribution in [2.45, 2.75) is 0 Å². The minimum Gasteiger partial charge on any atom is -0.267 e. The van der Waals surface area contributed by atoms with Crippen molar-refractivity contribution in [2.24, 2.45) is 7.05 Å². The number of benzene rings is 2. The lowest BCUT2D eigenvalue weighted by atomic mass is 10.0. The lowest BCUT2D eigenvalue weighted by Gasteiger charge is -2.06. The summed E-state index contributed by atoms with van der Waals surface area (Å²) in [5.41, 5.74) is 2.25. The van der Waals surface area contributed by atoms with Crippen molar-refractivity contribution in [2.75, 3.05) is 11.0 Å². The van der Waals surface area contributed by atoms with Gasteiger partial charge in [0.1, 0.15) is 11.3 Å². The van der Waals surface area contributed by atoms with Crippen molar-refractivity contribution >= 4 is 49.9 Å². The number of sulfonamides is 1. The van der Waals surface area contributed by atoms with Gasteiger partial charge < -0.3 is 0 Å². The van der Waals surface area contributed by atoms with Gasteiger partial charge >= 0.3 is 0 Å². The van der Waals surface area contributed by atoms with E-state index < -0.39 is 10.0 Å². The fourth-order valence-corrected chi connectivity index (χ4v) is 3.54. The number of fused-ring (bicyclic) bond motifs is 1. The number of anilines is 1. The van der Waals surface area contributed by atoms with E-state index in [4.69, 9.17) is 23.2 Å². The van der Waals surface area contributed by atoms with Crippen molar-refractivity contribution in [1.82, 2.24) is 9.78 Å². The molecule has 0 aliphatic heterocycles. The molecule has 0 amide bonds. The quantitative estimate of drug-likeness (QED) is 0.760. The Labute approximate surface area is 143 Å². The molecule has 1 aromatic heterocycles. The molecule has 0 spiro atoms. The molecule has 0 fully saturated rings. The highest BCUT2D eigenvalue weighted by Crippen LogP contribution is 2.36. The van der Waals surface area contributed by atoms with Crippen LogP contribution in [0.3, 0.4) is 0 Å². The Morgan fingerprint density at radius 1 is 1.13 bits per heavy atom. The molecule has 0 saturated carbocycles. The summed E-state index contributed by atoms with van der Waals surface area (Å²) in [5.74, 6) is 0.412. The van der Waals surface area contributed by atoms with E-state index in [1.54, 1.807) is 19.2 Å². The normalized spacial score (nSPS) is 11.8. The topological polar surface area (TPSA) is 64.0 Å². The van der Waals surface area contributed by atoms with Gasteiger partial charge in [-0.3, -0.25) is 9.40 Å². The number of rotatable bonds is 3. The number of aryl methyl sites for hydroxylation is 1. The van der Waals surface area contributed by atoms with Crippen LogP contribution in [0.5, 0.6) is 0 Å². The van der Waals surface area contributed by atoms with Crippen molar-refractivity contribution < 1.29 is 8.42 Å². The van der Waals surface area contributed by atoms with E-state index in [-0.39, 0.29) is 0 Å². The van der Waals surface area contributed by atoms with E-state index in [0.717, 1.165) is 17.4 Å². The third-order valence-corrected chi connectivity index (χ3v) is 4.48. The Balaban J connectivity index is 2.26. The van der Waals surface area contributed by atoms with Gasteiger partial charge in [0.05, 0.1) is 6.26 Å². The molecular formula is C15H13Cl2N3O2S. The molecule has 1 heterocycles. The van der Waals surface area contributed by atoms with E-state index in [9.17, 15) is 8.42 Å². The summed E-state index contributed by atoms with van der Waals surface area (Å²) in [7, 11) is -1.73. The van der Waals surface area contributed by atoms with E-state index in [2.05, 4.69) is 9.82 Å². The van der Waals surface area contributed by atoms with E-state index >= 15 is 0 Å². The SMILES string of the molecule is Cn1nc2c(-c3ccc(Cl)cc3Cl)cccc2c1NS(C)(=O)=O. The third kappa shape index (κ3) is 3.15. The summed E-state index contributed by atoms with van der Waals surface area (Å²) in [6, 6.07) is 10.8. The van der Waals surface area contributed by atoms with Crippen LogP contribution in [0.25, 0.3) is 22.0 Å². The molecule has 0 saturated heterocycles. The highest BCUT2D eigenvalue weighted by molar-refractivity contribution is 7.92. The second-order valence-corrected chi connectivity index (χ2v) is 7.76. The van der Waals surface area contributed by atoms with Crippen molar-refractivity contribution in [3.05, 3.63) is 46.4 Å². The zero-order chi connectivity index (χ0) is 16.8. The van der Waals surface area contributed by atoms with Crippen LogP contribution < -0.4 is 4.72 Å². The van der Waals surface area contributed by atoms with Gasteiger partial charge in [-0.2, -0.15) is 5.10 Å². The second-order valence-electron chi connectivity index (χ2n) is 5.17. The number of hydrogen-bond donors (Lipinski definition) is 1.